The highest BCUT2D eigenvalue weighted by Crippen LogP contribution is 2.30. The third-order valence-corrected chi connectivity index (χ3v) is 5.35. The molecule has 0 bridgehead atoms. The average molecular weight is 399 g/mol. The van der Waals surface area contributed by atoms with Crippen molar-refractivity contribution in [1.82, 2.24) is 10.0 Å². The first-order valence-corrected chi connectivity index (χ1v) is 10.1. The van der Waals surface area contributed by atoms with E-state index in [9.17, 15) is 4.79 Å². The zero-order valence-corrected chi connectivity index (χ0v) is 17.1. The van der Waals surface area contributed by atoms with Crippen LogP contribution < -0.4 is 10.8 Å². The molecule has 1 heterocycles. The van der Waals surface area contributed by atoms with E-state index >= 15 is 0 Å². The van der Waals surface area contributed by atoms with Gasteiger partial charge in [0, 0.05) is 40.6 Å². The van der Waals surface area contributed by atoms with E-state index in [2.05, 4.69) is 72.3 Å². The van der Waals surface area contributed by atoms with Crippen LogP contribution in [0.15, 0.2) is 72.3 Å². The van der Waals surface area contributed by atoms with E-state index in [1.54, 1.807) is 17.6 Å². The molecule has 3 N–H and O–H groups in total. The van der Waals surface area contributed by atoms with Gasteiger partial charge >= 0.3 is 0 Å². The number of rotatable bonds is 6. The van der Waals surface area contributed by atoms with Crippen molar-refractivity contribution in [2.24, 2.45) is 0 Å². The molecule has 0 saturated carbocycles. The first-order valence-electron chi connectivity index (χ1n) is 10.1. The number of hydrogen-bond acceptors (Lipinski definition) is 3. The summed E-state index contributed by atoms with van der Waals surface area (Å²) in [5, 5.41) is 14.8. The molecule has 0 aliphatic carbocycles. The number of amides is 1. The van der Waals surface area contributed by atoms with Gasteiger partial charge in [0.05, 0.1) is 5.52 Å². The maximum atomic E-state index is 11.4. The SMILES string of the molecule is CCn1c2ccccc2c2ccc(NC/C(C)=C/c3ccc(C(=O)NO)cc3)cc21. The molecular formula is C25H25N3O2. The fraction of sp³-hybridized carbons (Fsp3) is 0.160. The first-order chi connectivity index (χ1) is 14.6. The predicted molar refractivity (Wildman–Crippen MR) is 123 cm³/mol. The van der Waals surface area contributed by atoms with Gasteiger partial charge in [0.15, 0.2) is 0 Å². The number of hydrogen-bond donors (Lipinski definition) is 3. The standard InChI is InChI=1S/C25H25N3O2/c1-3-28-23-7-5-4-6-21(23)22-13-12-20(15-24(22)28)26-16-17(2)14-18-8-10-19(11-9-18)25(29)27-30/h4-15,26,30H,3,16H2,1-2H3,(H,27,29)/b17-14+. The number of benzene rings is 3. The molecule has 30 heavy (non-hydrogen) atoms. The Kier molecular flexibility index (Phi) is 5.55. The zero-order chi connectivity index (χ0) is 21.1. The predicted octanol–water partition coefficient (Wildman–Crippen LogP) is 5.45. The molecule has 0 radical (unpaired) electrons. The fourth-order valence-corrected chi connectivity index (χ4v) is 3.87. The largest absolute Gasteiger partial charge is 0.381 e. The minimum absolute atomic E-state index is 0.421. The summed E-state index contributed by atoms with van der Waals surface area (Å²) in [5.41, 5.74) is 7.83. The number of carbonyl (C=O) groups is 1. The summed E-state index contributed by atoms with van der Waals surface area (Å²) in [6, 6.07) is 22.2. The normalized spacial score (nSPS) is 11.8. The molecule has 5 nitrogen and oxygen atoms in total. The highest BCUT2D eigenvalue weighted by molar-refractivity contribution is 6.08. The van der Waals surface area contributed by atoms with E-state index in [1.807, 2.05) is 12.1 Å². The maximum absolute atomic E-state index is 11.4. The number of carbonyl (C=O) groups excluding carboxylic acids is 1. The second-order valence-corrected chi connectivity index (χ2v) is 7.40. The van der Waals surface area contributed by atoms with Crippen LogP contribution in [0.4, 0.5) is 5.69 Å². The molecule has 0 saturated heterocycles. The number of para-hydroxylation sites is 1. The van der Waals surface area contributed by atoms with Crippen LogP contribution in [0.5, 0.6) is 0 Å². The number of nitrogens with one attached hydrogen (secondary N) is 2. The van der Waals surface area contributed by atoms with Crippen LogP contribution in [0.2, 0.25) is 0 Å². The Morgan fingerprint density at radius 3 is 2.47 bits per heavy atom. The second-order valence-electron chi connectivity index (χ2n) is 7.40. The van der Waals surface area contributed by atoms with Gasteiger partial charge in [-0.05, 0) is 49.7 Å². The molecule has 4 rings (SSSR count). The molecule has 0 unspecified atom stereocenters. The van der Waals surface area contributed by atoms with Crippen molar-refractivity contribution in [2.45, 2.75) is 20.4 Å². The number of anilines is 1. The summed E-state index contributed by atoms with van der Waals surface area (Å²) in [5.74, 6) is -0.510. The average Bonchev–Trinajstić information content (AvgIpc) is 3.10. The van der Waals surface area contributed by atoms with Gasteiger partial charge in [0.25, 0.3) is 5.91 Å². The van der Waals surface area contributed by atoms with Gasteiger partial charge in [0.1, 0.15) is 0 Å². The molecule has 0 spiro atoms. The van der Waals surface area contributed by atoms with Crippen LogP contribution >= 0.6 is 0 Å². The fourth-order valence-electron chi connectivity index (χ4n) is 3.87. The molecule has 0 fully saturated rings. The zero-order valence-electron chi connectivity index (χ0n) is 17.1. The Bertz CT molecular complexity index is 1240. The summed E-state index contributed by atoms with van der Waals surface area (Å²) in [6.07, 6.45) is 2.08. The van der Waals surface area contributed by atoms with E-state index in [0.717, 1.165) is 24.3 Å². The highest BCUT2D eigenvalue weighted by Gasteiger charge is 2.09. The topological polar surface area (TPSA) is 66.3 Å². The Morgan fingerprint density at radius 1 is 1.00 bits per heavy atom. The van der Waals surface area contributed by atoms with Gasteiger partial charge in [-0.15, -0.1) is 0 Å². The summed E-state index contributed by atoms with van der Waals surface area (Å²) >= 11 is 0. The molecular weight excluding hydrogens is 374 g/mol. The summed E-state index contributed by atoms with van der Waals surface area (Å²) in [7, 11) is 0. The van der Waals surface area contributed by atoms with Crippen LogP contribution in [0.1, 0.15) is 29.8 Å². The van der Waals surface area contributed by atoms with Gasteiger partial charge < -0.3 is 9.88 Å². The van der Waals surface area contributed by atoms with E-state index in [-0.39, 0.29) is 0 Å². The van der Waals surface area contributed by atoms with Crippen molar-refractivity contribution in [3.63, 3.8) is 0 Å². The number of hydroxylamine groups is 1. The maximum Gasteiger partial charge on any atom is 0.274 e. The molecule has 152 valence electrons. The molecule has 1 amide bonds. The summed E-state index contributed by atoms with van der Waals surface area (Å²) in [4.78, 5) is 11.4. The van der Waals surface area contributed by atoms with Gasteiger partial charge in [-0.1, -0.05) is 48.0 Å². The number of aryl methyl sites for hydroxylation is 1. The molecule has 0 aliphatic rings. The minimum Gasteiger partial charge on any atom is -0.381 e. The van der Waals surface area contributed by atoms with Crippen molar-refractivity contribution in [1.29, 1.82) is 0 Å². The smallest absolute Gasteiger partial charge is 0.274 e. The molecule has 4 aromatic rings. The van der Waals surface area contributed by atoms with Crippen LogP contribution in [-0.4, -0.2) is 22.2 Å². The minimum atomic E-state index is -0.510. The van der Waals surface area contributed by atoms with E-state index < -0.39 is 5.91 Å². The van der Waals surface area contributed by atoms with Crippen molar-refractivity contribution in [2.75, 3.05) is 11.9 Å². The second kappa shape index (κ2) is 8.43. The van der Waals surface area contributed by atoms with E-state index in [4.69, 9.17) is 5.21 Å². The van der Waals surface area contributed by atoms with Crippen LogP contribution in [0.25, 0.3) is 27.9 Å². The Morgan fingerprint density at radius 2 is 1.73 bits per heavy atom. The van der Waals surface area contributed by atoms with Crippen molar-refractivity contribution in [3.8, 4) is 0 Å². The lowest BCUT2D eigenvalue weighted by Gasteiger charge is -2.09. The molecule has 5 heteroatoms. The van der Waals surface area contributed by atoms with E-state index in [0.29, 0.717) is 5.56 Å². The molecule has 0 aliphatic heterocycles. The molecule has 1 aromatic heterocycles. The summed E-state index contributed by atoms with van der Waals surface area (Å²) < 4.78 is 2.35. The van der Waals surface area contributed by atoms with Crippen LogP contribution in [-0.2, 0) is 6.54 Å². The van der Waals surface area contributed by atoms with Crippen molar-refractivity contribution >= 4 is 39.5 Å². The number of aromatic nitrogens is 1. The first kappa shape index (κ1) is 19.7. The van der Waals surface area contributed by atoms with Gasteiger partial charge in [-0.2, -0.15) is 0 Å². The monoisotopic (exact) mass is 399 g/mol. The lowest BCUT2D eigenvalue weighted by Crippen LogP contribution is -2.18. The summed E-state index contributed by atoms with van der Waals surface area (Å²) in [6.45, 7) is 5.89. The third kappa shape index (κ3) is 3.80. The lowest BCUT2D eigenvalue weighted by molar-refractivity contribution is 0.0706. The van der Waals surface area contributed by atoms with Gasteiger partial charge in [0.2, 0.25) is 0 Å². The Labute approximate surface area is 175 Å². The van der Waals surface area contributed by atoms with Crippen LogP contribution in [0.3, 0.4) is 0 Å². The van der Waals surface area contributed by atoms with Gasteiger partial charge in [-0.3, -0.25) is 10.0 Å². The Balaban J connectivity index is 1.52. The molecule has 0 atom stereocenters. The van der Waals surface area contributed by atoms with Crippen molar-refractivity contribution in [3.05, 3.63) is 83.4 Å². The molecule has 3 aromatic carbocycles. The van der Waals surface area contributed by atoms with E-state index in [1.165, 1.54) is 27.4 Å². The third-order valence-electron chi connectivity index (χ3n) is 5.35. The highest BCUT2D eigenvalue weighted by atomic mass is 16.5. The van der Waals surface area contributed by atoms with Crippen molar-refractivity contribution < 1.29 is 10.0 Å². The van der Waals surface area contributed by atoms with Gasteiger partial charge in [-0.25, -0.2) is 5.48 Å². The lowest BCUT2D eigenvalue weighted by atomic mass is 10.1. The van der Waals surface area contributed by atoms with Crippen LogP contribution in [0, 0.1) is 0 Å². The quantitative estimate of drug-likeness (QED) is 0.298. The number of fused-ring (bicyclic) bond motifs is 3. The number of nitrogens with zero attached hydrogens (tertiary/aromatic N) is 1. The Hall–Kier alpha value is -3.57.